The van der Waals surface area contributed by atoms with Gasteiger partial charge in [-0.3, -0.25) is 0 Å². The molecule has 2 atom stereocenters. The third kappa shape index (κ3) is 4.74. The van der Waals surface area contributed by atoms with E-state index in [0.717, 1.165) is 5.56 Å². The Morgan fingerprint density at radius 3 is 2.38 bits per heavy atom. The SMILES string of the molecule is C[C@@H]1CN(S(=O)(=O)NCCc2ccc(F)cc2)C[C@H](C)O1. The van der Waals surface area contributed by atoms with Gasteiger partial charge in [0.05, 0.1) is 12.2 Å². The van der Waals surface area contributed by atoms with E-state index in [-0.39, 0.29) is 24.6 Å². The number of rotatable bonds is 5. The Hall–Kier alpha value is -1.02. The third-order valence-corrected chi connectivity index (χ3v) is 4.88. The van der Waals surface area contributed by atoms with Gasteiger partial charge in [0, 0.05) is 19.6 Å². The minimum atomic E-state index is -3.50. The highest BCUT2D eigenvalue weighted by Crippen LogP contribution is 2.13. The van der Waals surface area contributed by atoms with Crippen molar-refractivity contribution >= 4 is 10.2 Å². The first-order chi connectivity index (χ1) is 9.87. The molecule has 0 unspecified atom stereocenters. The monoisotopic (exact) mass is 316 g/mol. The summed E-state index contributed by atoms with van der Waals surface area (Å²) in [5.74, 6) is -0.296. The number of ether oxygens (including phenoxy) is 1. The predicted molar refractivity (Wildman–Crippen MR) is 78.6 cm³/mol. The van der Waals surface area contributed by atoms with Crippen LogP contribution in [0.15, 0.2) is 24.3 Å². The number of nitrogens with one attached hydrogen (secondary N) is 1. The molecule has 1 aromatic rings. The van der Waals surface area contributed by atoms with Crippen molar-refractivity contribution < 1.29 is 17.5 Å². The number of halogens is 1. The summed E-state index contributed by atoms with van der Waals surface area (Å²) in [6.45, 7) is 4.72. The summed E-state index contributed by atoms with van der Waals surface area (Å²) in [5.41, 5.74) is 0.891. The van der Waals surface area contributed by atoms with Crippen LogP contribution in [0, 0.1) is 5.82 Å². The first-order valence-electron chi connectivity index (χ1n) is 7.01. The van der Waals surface area contributed by atoms with Crippen molar-refractivity contribution in [1.29, 1.82) is 0 Å². The second kappa shape index (κ2) is 6.83. The van der Waals surface area contributed by atoms with Crippen LogP contribution >= 0.6 is 0 Å². The number of nitrogens with zero attached hydrogens (tertiary/aromatic N) is 1. The lowest BCUT2D eigenvalue weighted by atomic mass is 10.1. The lowest BCUT2D eigenvalue weighted by molar-refractivity contribution is -0.0443. The zero-order chi connectivity index (χ0) is 15.5. The zero-order valence-corrected chi connectivity index (χ0v) is 13.1. The fraction of sp³-hybridized carbons (Fsp3) is 0.571. The van der Waals surface area contributed by atoms with Gasteiger partial charge in [-0.15, -0.1) is 0 Å². The van der Waals surface area contributed by atoms with Crippen LogP contribution in [0.3, 0.4) is 0 Å². The molecule has 0 radical (unpaired) electrons. The van der Waals surface area contributed by atoms with Crippen LogP contribution in [0.25, 0.3) is 0 Å². The molecule has 2 rings (SSSR count). The molecule has 1 fully saturated rings. The quantitative estimate of drug-likeness (QED) is 0.891. The van der Waals surface area contributed by atoms with Crippen LogP contribution in [0.4, 0.5) is 4.39 Å². The molecule has 1 aromatic carbocycles. The molecule has 21 heavy (non-hydrogen) atoms. The smallest absolute Gasteiger partial charge is 0.279 e. The maximum Gasteiger partial charge on any atom is 0.279 e. The highest BCUT2D eigenvalue weighted by Gasteiger charge is 2.30. The molecular formula is C14H21FN2O3S. The normalized spacial score (nSPS) is 24.1. The zero-order valence-electron chi connectivity index (χ0n) is 12.3. The van der Waals surface area contributed by atoms with E-state index in [4.69, 9.17) is 4.74 Å². The lowest BCUT2D eigenvalue weighted by Gasteiger charge is -2.34. The summed E-state index contributed by atoms with van der Waals surface area (Å²) in [5, 5.41) is 0. The Bertz CT molecular complexity index is 552. The van der Waals surface area contributed by atoms with Gasteiger partial charge in [0.25, 0.3) is 10.2 Å². The first-order valence-corrected chi connectivity index (χ1v) is 8.45. The van der Waals surface area contributed by atoms with Gasteiger partial charge in [-0.1, -0.05) is 12.1 Å². The minimum absolute atomic E-state index is 0.109. The van der Waals surface area contributed by atoms with Gasteiger partial charge in [0.1, 0.15) is 5.82 Å². The van der Waals surface area contributed by atoms with Gasteiger partial charge < -0.3 is 4.74 Å². The molecule has 0 amide bonds. The lowest BCUT2D eigenvalue weighted by Crippen LogP contribution is -2.52. The summed E-state index contributed by atoms with van der Waals surface area (Å²) in [4.78, 5) is 0. The van der Waals surface area contributed by atoms with Crippen molar-refractivity contribution in [2.75, 3.05) is 19.6 Å². The van der Waals surface area contributed by atoms with E-state index in [1.807, 2.05) is 13.8 Å². The molecule has 5 nitrogen and oxygen atoms in total. The molecule has 1 N–H and O–H groups in total. The van der Waals surface area contributed by atoms with Crippen LogP contribution in [-0.4, -0.2) is 44.6 Å². The number of hydrogen-bond acceptors (Lipinski definition) is 3. The summed E-state index contributed by atoms with van der Waals surface area (Å²) in [6.07, 6.45) is 0.305. The fourth-order valence-electron chi connectivity index (χ4n) is 2.39. The van der Waals surface area contributed by atoms with Gasteiger partial charge in [-0.25, -0.2) is 9.11 Å². The van der Waals surface area contributed by atoms with Gasteiger partial charge in [0.2, 0.25) is 0 Å². The molecule has 0 bridgehead atoms. The fourth-order valence-corrected chi connectivity index (χ4v) is 3.75. The Morgan fingerprint density at radius 1 is 1.24 bits per heavy atom. The Morgan fingerprint density at radius 2 is 1.81 bits per heavy atom. The van der Waals surface area contributed by atoms with Crippen LogP contribution in [0.5, 0.6) is 0 Å². The molecule has 0 spiro atoms. The predicted octanol–water partition coefficient (Wildman–Crippen LogP) is 1.31. The molecule has 7 heteroatoms. The standard InChI is InChI=1S/C14H21FN2O3S/c1-11-9-17(10-12(2)20-11)21(18,19)16-8-7-13-3-5-14(15)6-4-13/h3-6,11-12,16H,7-10H2,1-2H3/t11-,12+. The van der Waals surface area contributed by atoms with Gasteiger partial charge in [0.15, 0.2) is 0 Å². The molecule has 0 saturated carbocycles. The molecule has 1 saturated heterocycles. The molecule has 118 valence electrons. The van der Waals surface area contributed by atoms with E-state index in [9.17, 15) is 12.8 Å². The Kier molecular flexibility index (Phi) is 5.32. The van der Waals surface area contributed by atoms with E-state index in [0.29, 0.717) is 19.5 Å². The van der Waals surface area contributed by atoms with Crippen molar-refractivity contribution in [1.82, 2.24) is 9.03 Å². The second-order valence-electron chi connectivity index (χ2n) is 5.35. The largest absolute Gasteiger partial charge is 0.373 e. The van der Waals surface area contributed by atoms with Gasteiger partial charge in [-0.2, -0.15) is 12.7 Å². The molecule has 0 aliphatic carbocycles. The minimum Gasteiger partial charge on any atom is -0.373 e. The van der Waals surface area contributed by atoms with Gasteiger partial charge >= 0.3 is 0 Å². The van der Waals surface area contributed by atoms with Crippen LogP contribution in [0.2, 0.25) is 0 Å². The molecule has 1 aliphatic heterocycles. The molecule has 1 aliphatic rings. The summed E-state index contributed by atoms with van der Waals surface area (Å²) in [6, 6.07) is 6.05. The van der Waals surface area contributed by atoms with E-state index < -0.39 is 10.2 Å². The van der Waals surface area contributed by atoms with Crippen LogP contribution in [0.1, 0.15) is 19.4 Å². The molecular weight excluding hydrogens is 295 g/mol. The number of hydrogen-bond donors (Lipinski definition) is 1. The second-order valence-corrected chi connectivity index (χ2v) is 7.11. The van der Waals surface area contributed by atoms with Crippen LogP contribution in [-0.2, 0) is 21.4 Å². The van der Waals surface area contributed by atoms with Crippen LogP contribution < -0.4 is 4.72 Å². The van der Waals surface area contributed by atoms with E-state index in [2.05, 4.69) is 4.72 Å². The maximum absolute atomic E-state index is 12.8. The summed E-state index contributed by atoms with van der Waals surface area (Å²) in [7, 11) is -3.50. The Balaban J connectivity index is 1.87. The van der Waals surface area contributed by atoms with Crippen molar-refractivity contribution in [2.24, 2.45) is 0 Å². The summed E-state index contributed by atoms with van der Waals surface area (Å²) < 4.78 is 46.7. The highest BCUT2D eigenvalue weighted by molar-refractivity contribution is 7.87. The number of benzene rings is 1. The Labute approximate surface area is 125 Å². The van der Waals surface area contributed by atoms with E-state index in [1.54, 1.807) is 12.1 Å². The average molecular weight is 316 g/mol. The molecule has 1 heterocycles. The maximum atomic E-state index is 12.8. The third-order valence-electron chi connectivity index (χ3n) is 3.34. The average Bonchev–Trinajstić information content (AvgIpc) is 2.40. The van der Waals surface area contributed by atoms with Crippen molar-refractivity contribution in [3.8, 4) is 0 Å². The van der Waals surface area contributed by atoms with E-state index >= 15 is 0 Å². The topological polar surface area (TPSA) is 58.6 Å². The molecule has 0 aromatic heterocycles. The van der Waals surface area contributed by atoms with Crippen molar-refractivity contribution in [3.05, 3.63) is 35.6 Å². The summed E-state index contributed by atoms with van der Waals surface area (Å²) >= 11 is 0. The van der Waals surface area contributed by atoms with E-state index in [1.165, 1.54) is 16.4 Å². The van der Waals surface area contributed by atoms with Crippen molar-refractivity contribution in [3.63, 3.8) is 0 Å². The number of morpholine rings is 1. The van der Waals surface area contributed by atoms with Gasteiger partial charge in [-0.05, 0) is 38.0 Å². The first kappa shape index (κ1) is 16.4. The van der Waals surface area contributed by atoms with Crippen molar-refractivity contribution in [2.45, 2.75) is 32.5 Å². The highest BCUT2D eigenvalue weighted by atomic mass is 32.2.